The highest BCUT2D eigenvalue weighted by atomic mass is 32.2. The van der Waals surface area contributed by atoms with Crippen LogP contribution in [0.25, 0.3) is 0 Å². The first-order chi connectivity index (χ1) is 7.60. The maximum absolute atomic E-state index is 13.0. The molecule has 1 aromatic rings. The average molecular weight is 260 g/mol. The summed E-state index contributed by atoms with van der Waals surface area (Å²) in [6.45, 7) is 3.62. The van der Waals surface area contributed by atoms with Crippen molar-refractivity contribution < 1.29 is 22.7 Å². The third-order valence-corrected chi connectivity index (χ3v) is 5.02. The Kier molecular flexibility index (Phi) is 3.29. The van der Waals surface area contributed by atoms with Crippen molar-refractivity contribution in [3.05, 3.63) is 29.6 Å². The van der Waals surface area contributed by atoms with Gasteiger partial charge in [0.25, 0.3) is 0 Å². The molecule has 0 atom stereocenters. The lowest BCUT2D eigenvalue weighted by molar-refractivity contribution is -0.139. The number of aryl methyl sites for hydroxylation is 1. The Morgan fingerprint density at radius 3 is 2.29 bits per heavy atom. The quantitative estimate of drug-likeness (QED) is 0.841. The van der Waals surface area contributed by atoms with Gasteiger partial charge in [-0.05, 0) is 44.5 Å². The second-order valence-corrected chi connectivity index (χ2v) is 6.73. The molecule has 6 heteroatoms. The van der Waals surface area contributed by atoms with Crippen molar-refractivity contribution in [3.8, 4) is 0 Å². The lowest BCUT2D eigenvalue weighted by Gasteiger charge is -2.20. The standard InChI is InChI=1S/C11H13FO4S/c1-7-6-8(4-5-9(7)12)17(15,16)11(2,3)10(13)14/h4-6H,1-3H3,(H,13,14). The summed E-state index contributed by atoms with van der Waals surface area (Å²) < 4.78 is 35.2. The molecule has 0 aliphatic rings. The van der Waals surface area contributed by atoms with Crippen molar-refractivity contribution >= 4 is 15.8 Å². The van der Waals surface area contributed by atoms with Crippen LogP contribution in [0.4, 0.5) is 4.39 Å². The van der Waals surface area contributed by atoms with Gasteiger partial charge in [-0.25, -0.2) is 12.8 Å². The number of carboxylic acids is 1. The summed E-state index contributed by atoms with van der Waals surface area (Å²) in [6, 6.07) is 3.22. The fourth-order valence-corrected chi connectivity index (χ4v) is 2.59. The molecule has 0 saturated carbocycles. The van der Waals surface area contributed by atoms with E-state index in [-0.39, 0.29) is 10.5 Å². The number of hydrogen-bond acceptors (Lipinski definition) is 3. The minimum absolute atomic E-state index is 0.160. The maximum Gasteiger partial charge on any atom is 0.324 e. The molecule has 0 spiro atoms. The van der Waals surface area contributed by atoms with Crippen molar-refractivity contribution in [3.63, 3.8) is 0 Å². The fraction of sp³-hybridized carbons (Fsp3) is 0.364. The smallest absolute Gasteiger partial charge is 0.324 e. The van der Waals surface area contributed by atoms with E-state index >= 15 is 0 Å². The van der Waals surface area contributed by atoms with Crippen LogP contribution in [0, 0.1) is 12.7 Å². The summed E-state index contributed by atoms with van der Waals surface area (Å²) in [5.41, 5.74) is 0.160. The molecule has 0 heterocycles. The zero-order chi connectivity index (χ0) is 13.4. The third-order valence-electron chi connectivity index (χ3n) is 2.63. The van der Waals surface area contributed by atoms with Crippen LogP contribution >= 0.6 is 0 Å². The molecular formula is C11H13FO4S. The first kappa shape index (κ1) is 13.6. The van der Waals surface area contributed by atoms with Crippen LogP contribution in [-0.2, 0) is 14.6 Å². The normalized spacial score (nSPS) is 12.5. The fourth-order valence-electron chi connectivity index (χ4n) is 1.19. The Labute approximate surface area is 99.0 Å². The molecule has 1 rings (SSSR count). The van der Waals surface area contributed by atoms with Crippen molar-refractivity contribution in [2.24, 2.45) is 0 Å². The van der Waals surface area contributed by atoms with Gasteiger partial charge in [-0.2, -0.15) is 0 Å². The lowest BCUT2D eigenvalue weighted by Crippen LogP contribution is -2.40. The second kappa shape index (κ2) is 4.10. The van der Waals surface area contributed by atoms with Gasteiger partial charge in [0, 0.05) is 0 Å². The van der Waals surface area contributed by atoms with Crippen molar-refractivity contribution in [2.75, 3.05) is 0 Å². The molecule has 0 fully saturated rings. The molecule has 0 bridgehead atoms. The summed E-state index contributed by atoms with van der Waals surface area (Å²) in [4.78, 5) is 10.7. The molecule has 94 valence electrons. The monoisotopic (exact) mass is 260 g/mol. The summed E-state index contributed by atoms with van der Waals surface area (Å²) in [7, 11) is -4.04. The Bertz CT molecular complexity index is 561. The SMILES string of the molecule is Cc1cc(S(=O)(=O)C(C)(C)C(=O)O)ccc1F. The number of benzene rings is 1. The van der Waals surface area contributed by atoms with Crippen LogP contribution in [0.15, 0.2) is 23.1 Å². The number of carboxylic acid groups (broad SMARTS) is 1. The van der Waals surface area contributed by atoms with Gasteiger partial charge in [0.05, 0.1) is 4.90 Å². The first-order valence-corrected chi connectivity index (χ1v) is 6.33. The number of halogens is 1. The van der Waals surface area contributed by atoms with Gasteiger partial charge < -0.3 is 5.11 Å². The van der Waals surface area contributed by atoms with Crippen LogP contribution in [0.2, 0.25) is 0 Å². The van der Waals surface area contributed by atoms with Crippen molar-refractivity contribution in [2.45, 2.75) is 30.4 Å². The predicted octanol–water partition coefficient (Wildman–Crippen LogP) is 1.77. The highest BCUT2D eigenvalue weighted by Gasteiger charge is 2.43. The van der Waals surface area contributed by atoms with Crippen LogP contribution in [0.5, 0.6) is 0 Å². The summed E-state index contributed by atoms with van der Waals surface area (Å²) in [5, 5.41) is 8.91. The summed E-state index contributed by atoms with van der Waals surface area (Å²) >= 11 is 0. The van der Waals surface area contributed by atoms with Gasteiger partial charge in [0.2, 0.25) is 0 Å². The molecule has 17 heavy (non-hydrogen) atoms. The van der Waals surface area contributed by atoms with Crippen LogP contribution < -0.4 is 0 Å². The van der Waals surface area contributed by atoms with E-state index < -0.39 is 26.4 Å². The van der Waals surface area contributed by atoms with E-state index in [2.05, 4.69) is 0 Å². The largest absolute Gasteiger partial charge is 0.480 e. The minimum atomic E-state index is -4.04. The predicted molar refractivity (Wildman–Crippen MR) is 60.0 cm³/mol. The molecule has 1 N–H and O–H groups in total. The van der Waals surface area contributed by atoms with Gasteiger partial charge in [-0.15, -0.1) is 0 Å². The first-order valence-electron chi connectivity index (χ1n) is 4.85. The molecule has 0 aliphatic heterocycles. The lowest BCUT2D eigenvalue weighted by atomic mass is 10.2. The van der Waals surface area contributed by atoms with E-state index in [0.29, 0.717) is 0 Å². The number of rotatable bonds is 3. The van der Waals surface area contributed by atoms with E-state index in [0.717, 1.165) is 32.0 Å². The van der Waals surface area contributed by atoms with Crippen molar-refractivity contribution in [1.29, 1.82) is 0 Å². The number of sulfone groups is 1. The van der Waals surface area contributed by atoms with E-state index in [1.54, 1.807) is 0 Å². The highest BCUT2D eigenvalue weighted by Crippen LogP contribution is 2.26. The van der Waals surface area contributed by atoms with Gasteiger partial charge >= 0.3 is 5.97 Å². The van der Waals surface area contributed by atoms with E-state index in [1.165, 1.54) is 6.92 Å². The molecule has 0 aliphatic carbocycles. The molecule has 0 unspecified atom stereocenters. The Balaban J connectivity index is 3.42. The second-order valence-electron chi connectivity index (χ2n) is 4.23. The van der Waals surface area contributed by atoms with Gasteiger partial charge in [0.1, 0.15) is 5.82 Å². The molecular weight excluding hydrogens is 247 g/mol. The topological polar surface area (TPSA) is 71.4 Å². The van der Waals surface area contributed by atoms with Gasteiger partial charge in [-0.3, -0.25) is 4.79 Å². The number of carbonyl (C=O) groups is 1. The highest BCUT2D eigenvalue weighted by molar-refractivity contribution is 7.93. The van der Waals surface area contributed by atoms with E-state index in [4.69, 9.17) is 5.11 Å². The van der Waals surface area contributed by atoms with Crippen LogP contribution in [-0.4, -0.2) is 24.2 Å². The van der Waals surface area contributed by atoms with Crippen molar-refractivity contribution in [1.82, 2.24) is 0 Å². The van der Waals surface area contributed by atoms with Gasteiger partial charge in [-0.1, -0.05) is 0 Å². The maximum atomic E-state index is 13.0. The molecule has 1 aromatic carbocycles. The molecule has 0 amide bonds. The van der Waals surface area contributed by atoms with Crippen LogP contribution in [0.3, 0.4) is 0 Å². The zero-order valence-corrected chi connectivity index (χ0v) is 10.5. The molecule has 0 aromatic heterocycles. The molecule has 4 nitrogen and oxygen atoms in total. The van der Waals surface area contributed by atoms with E-state index in [1.807, 2.05) is 0 Å². The molecule has 0 saturated heterocycles. The summed E-state index contributed by atoms with van der Waals surface area (Å²) in [6.07, 6.45) is 0. The van der Waals surface area contributed by atoms with Gasteiger partial charge in [0.15, 0.2) is 14.6 Å². The zero-order valence-electron chi connectivity index (χ0n) is 9.69. The minimum Gasteiger partial charge on any atom is -0.480 e. The summed E-state index contributed by atoms with van der Waals surface area (Å²) in [5.74, 6) is -1.98. The third kappa shape index (κ3) is 2.17. The Morgan fingerprint density at radius 2 is 1.88 bits per heavy atom. The van der Waals surface area contributed by atoms with E-state index in [9.17, 15) is 17.6 Å². The average Bonchev–Trinajstić information content (AvgIpc) is 2.21. The number of aliphatic carboxylic acids is 1. The Hall–Kier alpha value is -1.43. The Morgan fingerprint density at radius 1 is 1.35 bits per heavy atom. The molecule has 0 radical (unpaired) electrons. The number of hydrogen-bond donors (Lipinski definition) is 1. The van der Waals surface area contributed by atoms with Crippen LogP contribution in [0.1, 0.15) is 19.4 Å².